The number of Topliss-reactive ketones (excluding diaryl/α,β-unsaturated/α-hetero) is 1. The first-order valence-corrected chi connectivity index (χ1v) is 8.82. The summed E-state index contributed by atoms with van der Waals surface area (Å²) in [6.45, 7) is -0.288. The molecule has 0 aliphatic carbocycles. The summed E-state index contributed by atoms with van der Waals surface area (Å²) < 4.78 is 11.3. The maximum absolute atomic E-state index is 12.0. The Kier molecular flexibility index (Phi) is 5.32. The molecule has 0 N–H and O–H groups in total. The summed E-state index contributed by atoms with van der Waals surface area (Å²) in [5, 5.41) is 0.395. The number of hydrogen-bond acceptors (Lipinski definition) is 6. The summed E-state index contributed by atoms with van der Waals surface area (Å²) in [5.74, 6) is -0.722. The zero-order valence-corrected chi connectivity index (χ0v) is 14.8. The van der Waals surface area contributed by atoms with E-state index in [-0.39, 0.29) is 18.1 Å². The third-order valence-electron chi connectivity index (χ3n) is 3.10. The lowest BCUT2D eigenvalue weighted by Gasteiger charge is -2.03. The predicted octanol–water partition coefficient (Wildman–Crippen LogP) is 4.11. The average molecular weight is 406 g/mol. The fourth-order valence-electron chi connectivity index (χ4n) is 1.97. The van der Waals surface area contributed by atoms with Crippen molar-refractivity contribution >= 4 is 50.5 Å². The third-order valence-corrected chi connectivity index (χ3v) is 4.39. The van der Waals surface area contributed by atoms with Crippen LogP contribution < -0.4 is 0 Å². The molecule has 3 rings (SSSR count). The van der Waals surface area contributed by atoms with Gasteiger partial charge in [-0.25, -0.2) is 4.98 Å². The molecule has 0 saturated heterocycles. The molecule has 7 heteroatoms. The number of ether oxygens (including phenoxy) is 1. The molecule has 0 aliphatic rings. The molecule has 0 spiro atoms. The quantitative estimate of drug-likeness (QED) is 0.349. The first-order valence-electron chi connectivity index (χ1n) is 7.04. The summed E-state index contributed by atoms with van der Waals surface area (Å²) >= 11 is 4.43. The molecule has 1 aromatic heterocycles. The second kappa shape index (κ2) is 7.63. The molecule has 122 valence electrons. The number of fused-ring (bicyclic) bond motifs is 1. The van der Waals surface area contributed by atoms with Crippen LogP contribution in [0.25, 0.3) is 11.1 Å². The molecular weight excluding hydrogens is 394 g/mol. The van der Waals surface area contributed by atoms with E-state index >= 15 is 0 Å². The smallest absolute Gasteiger partial charge is 0.316 e. The van der Waals surface area contributed by atoms with Crippen molar-refractivity contribution < 1.29 is 18.7 Å². The largest absolute Gasteiger partial charge is 0.457 e. The molecule has 0 fully saturated rings. The Labute approximate surface area is 150 Å². The van der Waals surface area contributed by atoms with Crippen molar-refractivity contribution in [1.82, 2.24) is 4.98 Å². The molecule has 5 nitrogen and oxygen atoms in total. The lowest BCUT2D eigenvalue weighted by atomic mass is 10.1. The van der Waals surface area contributed by atoms with E-state index < -0.39 is 5.97 Å². The fourth-order valence-corrected chi connectivity index (χ4v) is 3.00. The Morgan fingerprint density at radius 2 is 2.00 bits per heavy atom. The van der Waals surface area contributed by atoms with Crippen LogP contribution in [-0.2, 0) is 9.53 Å². The van der Waals surface area contributed by atoms with Gasteiger partial charge in [-0.05, 0) is 24.3 Å². The van der Waals surface area contributed by atoms with Crippen molar-refractivity contribution in [2.75, 3.05) is 12.4 Å². The van der Waals surface area contributed by atoms with Gasteiger partial charge in [0.25, 0.3) is 5.22 Å². The zero-order valence-electron chi connectivity index (χ0n) is 12.4. The standard InChI is InChI=1S/C17H12BrNO4S/c18-12-5-3-4-11(8-12)14(20)9-22-16(21)10-24-17-19-13-6-1-2-7-15(13)23-17/h1-8H,9-10H2. The number of carbonyl (C=O) groups is 2. The Balaban J connectivity index is 1.49. The molecule has 0 amide bonds. The lowest BCUT2D eigenvalue weighted by Crippen LogP contribution is -2.15. The molecule has 2 aromatic carbocycles. The summed E-state index contributed by atoms with van der Waals surface area (Å²) in [7, 11) is 0. The topological polar surface area (TPSA) is 69.4 Å². The van der Waals surface area contributed by atoms with Gasteiger partial charge in [-0.15, -0.1) is 0 Å². The number of hydrogen-bond donors (Lipinski definition) is 0. The van der Waals surface area contributed by atoms with Gasteiger partial charge in [0.15, 0.2) is 18.0 Å². The second-order valence-corrected chi connectivity index (χ2v) is 6.67. The average Bonchev–Trinajstić information content (AvgIpc) is 3.00. The molecule has 0 aliphatic heterocycles. The van der Waals surface area contributed by atoms with Crippen molar-refractivity contribution in [3.63, 3.8) is 0 Å². The number of esters is 1. The highest BCUT2D eigenvalue weighted by Gasteiger charge is 2.13. The SMILES string of the molecule is O=C(CSc1nc2ccccc2o1)OCC(=O)c1cccc(Br)c1. The number of para-hydroxylation sites is 2. The van der Waals surface area contributed by atoms with Gasteiger partial charge in [0.05, 0.1) is 0 Å². The minimum Gasteiger partial charge on any atom is -0.457 e. The Hall–Kier alpha value is -2.12. The first kappa shape index (κ1) is 16.7. The van der Waals surface area contributed by atoms with Gasteiger partial charge in [0.2, 0.25) is 0 Å². The van der Waals surface area contributed by atoms with Crippen LogP contribution in [0.4, 0.5) is 0 Å². The summed E-state index contributed by atoms with van der Waals surface area (Å²) in [4.78, 5) is 28.0. The number of benzene rings is 2. The number of rotatable bonds is 6. The number of aromatic nitrogens is 1. The molecule has 0 unspecified atom stereocenters. The van der Waals surface area contributed by atoms with Crippen molar-refractivity contribution in [1.29, 1.82) is 0 Å². The van der Waals surface area contributed by atoms with Gasteiger partial charge in [-0.1, -0.05) is 52.0 Å². The first-order chi connectivity index (χ1) is 11.6. The number of nitrogens with zero attached hydrogens (tertiary/aromatic N) is 1. The summed E-state index contributed by atoms with van der Waals surface area (Å²) in [5.41, 5.74) is 1.89. The molecule has 24 heavy (non-hydrogen) atoms. The fraction of sp³-hybridized carbons (Fsp3) is 0.118. The number of carbonyl (C=O) groups excluding carboxylic acids is 2. The molecule has 1 heterocycles. The molecule has 0 atom stereocenters. The lowest BCUT2D eigenvalue weighted by molar-refractivity contribution is -0.139. The second-order valence-electron chi connectivity index (χ2n) is 4.83. The minimum absolute atomic E-state index is 0.0264. The monoisotopic (exact) mass is 405 g/mol. The van der Waals surface area contributed by atoms with Gasteiger partial charge in [0, 0.05) is 10.0 Å². The normalized spacial score (nSPS) is 10.7. The van der Waals surface area contributed by atoms with Crippen LogP contribution in [0.15, 0.2) is 62.6 Å². The van der Waals surface area contributed by atoms with Gasteiger partial charge in [0.1, 0.15) is 11.3 Å². The Bertz CT molecular complexity index is 860. The van der Waals surface area contributed by atoms with Crippen molar-refractivity contribution in [3.8, 4) is 0 Å². The van der Waals surface area contributed by atoms with Crippen LogP contribution in [0.1, 0.15) is 10.4 Å². The van der Waals surface area contributed by atoms with Crippen LogP contribution >= 0.6 is 27.7 Å². The highest BCUT2D eigenvalue weighted by atomic mass is 79.9. The van der Waals surface area contributed by atoms with Gasteiger partial charge < -0.3 is 9.15 Å². The molecule has 0 radical (unpaired) electrons. The number of oxazole rings is 1. The van der Waals surface area contributed by atoms with E-state index in [1.165, 1.54) is 0 Å². The van der Waals surface area contributed by atoms with Gasteiger partial charge in [-0.3, -0.25) is 9.59 Å². The van der Waals surface area contributed by atoms with E-state index in [4.69, 9.17) is 9.15 Å². The molecule has 0 saturated carbocycles. The highest BCUT2D eigenvalue weighted by Crippen LogP contribution is 2.23. The van der Waals surface area contributed by atoms with Crippen molar-refractivity contribution in [3.05, 3.63) is 58.6 Å². The number of halogens is 1. The minimum atomic E-state index is -0.495. The Morgan fingerprint density at radius 3 is 2.79 bits per heavy atom. The maximum Gasteiger partial charge on any atom is 0.316 e. The highest BCUT2D eigenvalue weighted by molar-refractivity contribution is 9.10. The number of ketones is 1. The van der Waals surface area contributed by atoms with Crippen LogP contribution in [-0.4, -0.2) is 29.1 Å². The van der Waals surface area contributed by atoms with Gasteiger partial charge in [-0.2, -0.15) is 0 Å². The van der Waals surface area contributed by atoms with Crippen LogP contribution in [0.5, 0.6) is 0 Å². The van der Waals surface area contributed by atoms with Crippen LogP contribution in [0.3, 0.4) is 0 Å². The molecule has 3 aromatic rings. The third kappa shape index (κ3) is 4.24. The van der Waals surface area contributed by atoms with E-state index in [0.717, 1.165) is 21.8 Å². The number of thioether (sulfide) groups is 1. The van der Waals surface area contributed by atoms with E-state index in [2.05, 4.69) is 20.9 Å². The van der Waals surface area contributed by atoms with E-state index in [0.29, 0.717) is 16.4 Å². The molecule has 0 bridgehead atoms. The predicted molar refractivity (Wildman–Crippen MR) is 94.2 cm³/mol. The van der Waals surface area contributed by atoms with Crippen LogP contribution in [0.2, 0.25) is 0 Å². The Morgan fingerprint density at radius 1 is 1.17 bits per heavy atom. The van der Waals surface area contributed by atoms with Crippen molar-refractivity contribution in [2.24, 2.45) is 0 Å². The summed E-state index contributed by atoms with van der Waals surface area (Å²) in [6.07, 6.45) is 0. The van der Waals surface area contributed by atoms with E-state index in [1.807, 2.05) is 24.3 Å². The maximum atomic E-state index is 12.0. The van der Waals surface area contributed by atoms with E-state index in [1.54, 1.807) is 24.3 Å². The summed E-state index contributed by atoms with van der Waals surface area (Å²) in [6, 6.07) is 14.3. The molecular formula is C17H12BrNO4S. The van der Waals surface area contributed by atoms with Crippen molar-refractivity contribution in [2.45, 2.75) is 5.22 Å². The van der Waals surface area contributed by atoms with Crippen LogP contribution in [0, 0.1) is 0 Å². The van der Waals surface area contributed by atoms with Gasteiger partial charge >= 0.3 is 5.97 Å². The zero-order chi connectivity index (χ0) is 16.9. The van der Waals surface area contributed by atoms with E-state index in [9.17, 15) is 9.59 Å².